The van der Waals surface area contributed by atoms with Gasteiger partial charge >= 0.3 is 5.97 Å². The van der Waals surface area contributed by atoms with E-state index in [1.807, 2.05) is 29.0 Å². The summed E-state index contributed by atoms with van der Waals surface area (Å²) in [6.45, 7) is 4.39. The molecular formula is C22H23N6O5S3+. The second-order valence-corrected chi connectivity index (χ2v) is 10.6. The Morgan fingerprint density at radius 3 is 2.97 bits per heavy atom. The molecule has 4 rings (SSSR count). The Morgan fingerprint density at radius 2 is 2.31 bits per heavy atom. The first-order valence-electron chi connectivity index (χ1n) is 10.6. The van der Waals surface area contributed by atoms with Gasteiger partial charge < -0.3 is 21.0 Å². The molecule has 4 heterocycles. The monoisotopic (exact) mass is 547 g/mol. The average Bonchev–Trinajstić information content (AvgIpc) is 3.30. The van der Waals surface area contributed by atoms with Crippen LogP contribution in [0.4, 0.5) is 5.13 Å². The molecule has 2 aliphatic rings. The summed E-state index contributed by atoms with van der Waals surface area (Å²) in [5.41, 5.74) is 5.70. The number of carbonyl (C=O) groups excluding carboxylic acids is 2. The van der Waals surface area contributed by atoms with E-state index in [2.05, 4.69) is 22.0 Å². The number of thioether (sulfide) groups is 2. The summed E-state index contributed by atoms with van der Waals surface area (Å²) in [4.78, 5) is 48.7. The number of aliphatic carboxylic acids is 1. The predicted molar refractivity (Wildman–Crippen MR) is 137 cm³/mol. The highest BCUT2D eigenvalue weighted by Crippen LogP contribution is 2.40. The number of allylic oxidation sites excluding steroid dienone is 1. The van der Waals surface area contributed by atoms with Crippen molar-refractivity contribution in [2.75, 3.05) is 24.3 Å². The van der Waals surface area contributed by atoms with Gasteiger partial charge in [0.05, 0.1) is 6.04 Å². The van der Waals surface area contributed by atoms with Gasteiger partial charge in [-0.25, -0.2) is 9.78 Å². The molecule has 0 aliphatic carbocycles. The molecule has 2 aromatic rings. The van der Waals surface area contributed by atoms with E-state index in [0.29, 0.717) is 23.0 Å². The fourth-order valence-corrected chi connectivity index (χ4v) is 6.78. The molecular weight excluding hydrogens is 524 g/mol. The highest BCUT2D eigenvalue weighted by molar-refractivity contribution is 8.06. The Morgan fingerprint density at radius 1 is 1.50 bits per heavy atom. The maximum Gasteiger partial charge on any atom is 0.353 e. The van der Waals surface area contributed by atoms with Gasteiger partial charge in [0.1, 0.15) is 24.5 Å². The number of aromatic nitrogens is 2. The topological polar surface area (TPSA) is 151 Å². The molecule has 2 atom stereocenters. The lowest BCUT2D eigenvalue weighted by molar-refractivity contribution is -0.723. The van der Waals surface area contributed by atoms with E-state index in [1.54, 1.807) is 11.5 Å². The number of carboxylic acids is 1. The quantitative estimate of drug-likeness (QED) is 0.0991. The number of carboxylic acid groups (broad SMARTS) is 1. The second kappa shape index (κ2) is 11.1. The van der Waals surface area contributed by atoms with Crippen LogP contribution in [0.2, 0.25) is 0 Å². The van der Waals surface area contributed by atoms with Gasteiger partial charge in [0.2, 0.25) is 5.03 Å². The minimum Gasteiger partial charge on any atom is -0.477 e. The van der Waals surface area contributed by atoms with Crippen LogP contribution in [0, 0.1) is 0 Å². The maximum atomic E-state index is 13.0. The number of β-lactam (4-membered cyclic amide) rings is 1. The minimum absolute atomic E-state index is 0.0523. The lowest BCUT2D eigenvalue weighted by atomic mass is 9.94. The van der Waals surface area contributed by atoms with Gasteiger partial charge in [0, 0.05) is 33.9 Å². The van der Waals surface area contributed by atoms with E-state index in [0.717, 1.165) is 16.4 Å². The van der Waals surface area contributed by atoms with Crippen LogP contribution in [-0.2, 0) is 25.8 Å². The fourth-order valence-electron chi connectivity index (χ4n) is 3.79. The summed E-state index contributed by atoms with van der Waals surface area (Å²) >= 11 is 3.99. The molecule has 0 bridgehead atoms. The normalized spacial score (nSPS) is 19.4. The molecule has 2 amide bonds. The highest BCUT2D eigenvalue weighted by atomic mass is 32.2. The number of amides is 2. The number of nitrogens with two attached hydrogens (primary N) is 1. The van der Waals surface area contributed by atoms with E-state index in [4.69, 9.17) is 10.6 Å². The standard InChI is InChI=1S/C22H22N6O5S3/c1-3-7-27-8-5-4-6-15(27)35-11-14-18(21(31)32)28-13(10-34-14)17(20(28)30)25-19(29)16(26-33-2)12-9-36-22(23)24-12/h3-6,8-9,13,17H,1,7,10-11H2,2H3,(H3-,23,24,25,29,31,32)/p+1. The molecule has 2 unspecified atom stereocenters. The van der Waals surface area contributed by atoms with E-state index < -0.39 is 29.9 Å². The number of rotatable bonds is 10. The minimum atomic E-state index is -1.19. The third-order valence-electron chi connectivity index (χ3n) is 5.38. The average molecular weight is 548 g/mol. The molecule has 0 spiro atoms. The van der Waals surface area contributed by atoms with E-state index >= 15 is 0 Å². The van der Waals surface area contributed by atoms with Gasteiger partial charge in [-0.15, -0.1) is 23.1 Å². The number of hydrogen-bond acceptors (Lipinski definition) is 10. The first-order valence-corrected chi connectivity index (χ1v) is 13.5. The first-order chi connectivity index (χ1) is 17.3. The number of nitrogens with one attached hydrogen (secondary N) is 1. The Kier molecular flexibility index (Phi) is 7.96. The Hall–Kier alpha value is -3.36. The number of carbonyl (C=O) groups is 3. The molecule has 11 nitrogen and oxygen atoms in total. The van der Waals surface area contributed by atoms with Crippen LogP contribution in [0.25, 0.3) is 0 Å². The van der Waals surface area contributed by atoms with Crippen molar-refractivity contribution in [3.63, 3.8) is 0 Å². The maximum absolute atomic E-state index is 13.0. The summed E-state index contributed by atoms with van der Waals surface area (Å²) in [7, 11) is 1.29. The van der Waals surface area contributed by atoms with E-state index in [1.165, 1.54) is 35.5 Å². The number of nitrogen functional groups attached to an aromatic ring is 1. The van der Waals surface area contributed by atoms with Crippen LogP contribution < -0.4 is 15.6 Å². The van der Waals surface area contributed by atoms with Crippen LogP contribution in [0.3, 0.4) is 0 Å². The van der Waals surface area contributed by atoms with Crippen molar-refractivity contribution in [3.05, 3.63) is 58.7 Å². The molecule has 188 valence electrons. The predicted octanol–water partition coefficient (Wildman–Crippen LogP) is 1.08. The largest absolute Gasteiger partial charge is 0.477 e. The Balaban J connectivity index is 1.49. The van der Waals surface area contributed by atoms with Crippen LogP contribution in [-0.4, -0.2) is 69.2 Å². The molecule has 0 saturated carbocycles. The zero-order chi connectivity index (χ0) is 25.8. The Bertz CT molecular complexity index is 1280. The number of anilines is 1. The lowest BCUT2D eigenvalue weighted by Gasteiger charge is -2.49. The number of pyridine rings is 1. The second-order valence-electron chi connectivity index (χ2n) is 7.58. The molecule has 0 aromatic carbocycles. The van der Waals surface area contributed by atoms with Crippen LogP contribution in [0.15, 0.2) is 63.2 Å². The van der Waals surface area contributed by atoms with Gasteiger partial charge in [-0.2, -0.15) is 4.57 Å². The van der Waals surface area contributed by atoms with E-state index in [-0.39, 0.29) is 22.2 Å². The third kappa shape index (κ3) is 5.10. The molecule has 0 radical (unpaired) electrons. The number of thiazole rings is 1. The molecule has 2 aromatic heterocycles. The van der Waals surface area contributed by atoms with Crippen LogP contribution >= 0.6 is 34.9 Å². The molecule has 36 heavy (non-hydrogen) atoms. The van der Waals surface area contributed by atoms with Crippen molar-refractivity contribution in [3.8, 4) is 0 Å². The van der Waals surface area contributed by atoms with Crippen LogP contribution in [0.1, 0.15) is 5.69 Å². The first kappa shape index (κ1) is 25.7. The van der Waals surface area contributed by atoms with Gasteiger partial charge in [0.25, 0.3) is 11.8 Å². The van der Waals surface area contributed by atoms with Gasteiger partial charge in [-0.3, -0.25) is 14.5 Å². The summed E-state index contributed by atoms with van der Waals surface area (Å²) < 4.78 is 2.00. The van der Waals surface area contributed by atoms with Gasteiger partial charge in [0.15, 0.2) is 23.6 Å². The van der Waals surface area contributed by atoms with Crippen molar-refractivity contribution >= 4 is 63.5 Å². The summed E-state index contributed by atoms with van der Waals surface area (Å²) in [5.74, 6) is -1.53. The smallest absolute Gasteiger partial charge is 0.353 e. The van der Waals surface area contributed by atoms with Crippen molar-refractivity contribution < 1.29 is 28.9 Å². The zero-order valence-corrected chi connectivity index (χ0v) is 21.6. The van der Waals surface area contributed by atoms with Crippen molar-refractivity contribution in [2.45, 2.75) is 23.7 Å². The molecule has 1 saturated heterocycles. The Labute approximate surface area is 219 Å². The number of nitrogens with zero attached hydrogens (tertiary/aromatic N) is 4. The molecule has 14 heteroatoms. The molecule has 4 N–H and O–H groups in total. The van der Waals surface area contributed by atoms with Gasteiger partial charge in [-0.05, 0) is 12.1 Å². The molecule has 2 aliphatic heterocycles. The van der Waals surface area contributed by atoms with Crippen molar-refractivity contribution in [1.29, 1.82) is 0 Å². The SMILES string of the molecule is C=CC[n+]1ccccc1SCC1=C(C(=O)O)N2C(=O)C(NC(=O)C(=NOC)c3csc(N)n3)C2CS1. The van der Waals surface area contributed by atoms with E-state index in [9.17, 15) is 19.5 Å². The van der Waals surface area contributed by atoms with Crippen molar-refractivity contribution in [2.24, 2.45) is 5.16 Å². The fraction of sp³-hybridized carbons (Fsp3) is 0.273. The summed E-state index contributed by atoms with van der Waals surface area (Å²) in [6.07, 6.45) is 3.71. The number of fused-ring (bicyclic) bond motifs is 1. The third-order valence-corrected chi connectivity index (χ3v) is 8.53. The van der Waals surface area contributed by atoms with Gasteiger partial charge in [-0.1, -0.05) is 23.5 Å². The number of oxime groups is 1. The zero-order valence-electron chi connectivity index (χ0n) is 19.1. The highest BCUT2D eigenvalue weighted by Gasteiger charge is 2.54. The summed E-state index contributed by atoms with van der Waals surface area (Å²) in [6, 6.07) is 4.37. The molecule has 1 fully saturated rings. The van der Waals surface area contributed by atoms with Crippen molar-refractivity contribution in [1.82, 2.24) is 15.2 Å². The number of hydrogen-bond donors (Lipinski definition) is 3. The summed E-state index contributed by atoms with van der Waals surface area (Å²) in [5, 5.41) is 19.1. The lowest BCUT2D eigenvalue weighted by Crippen LogP contribution is -2.73. The van der Waals surface area contributed by atoms with Crippen LogP contribution in [0.5, 0.6) is 0 Å².